The summed E-state index contributed by atoms with van der Waals surface area (Å²) < 4.78 is 0. The van der Waals surface area contributed by atoms with Crippen LogP contribution in [-0.2, 0) is 0 Å². The Balaban J connectivity index is 2.09. The van der Waals surface area contributed by atoms with Crippen LogP contribution in [0.4, 0.5) is 5.69 Å². The third kappa shape index (κ3) is 3.05. The lowest BCUT2D eigenvalue weighted by Crippen LogP contribution is -2.41. The van der Waals surface area contributed by atoms with Gasteiger partial charge in [0.25, 0.3) is 0 Å². The predicted octanol–water partition coefficient (Wildman–Crippen LogP) is 3.46. The van der Waals surface area contributed by atoms with Gasteiger partial charge in [0.2, 0.25) is 0 Å². The third-order valence-corrected chi connectivity index (χ3v) is 4.28. The van der Waals surface area contributed by atoms with Crippen LogP contribution in [0.2, 0.25) is 0 Å². The highest BCUT2D eigenvalue weighted by atomic mass is 16.3. The van der Waals surface area contributed by atoms with Crippen LogP contribution < -0.4 is 4.90 Å². The maximum Gasteiger partial charge on any atom is 0.0504 e. The predicted molar refractivity (Wildman–Crippen MR) is 76.9 cm³/mol. The summed E-state index contributed by atoms with van der Waals surface area (Å²) in [4.78, 5) is 2.40. The van der Waals surface area contributed by atoms with E-state index in [4.69, 9.17) is 0 Å². The smallest absolute Gasteiger partial charge is 0.0504 e. The van der Waals surface area contributed by atoms with E-state index < -0.39 is 0 Å². The van der Waals surface area contributed by atoms with Gasteiger partial charge in [-0.2, -0.15) is 0 Å². The fourth-order valence-electron chi connectivity index (χ4n) is 3.10. The minimum atomic E-state index is 0.129. The van der Waals surface area contributed by atoms with E-state index in [0.717, 1.165) is 13.1 Å². The first-order valence-electron chi connectivity index (χ1n) is 7.20. The maximum atomic E-state index is 9.81. The third-order valence-electron chi connectivity index (χ3n) is 4.28. The van der Waals surface area contributed by atoms with E-state index in [-0.39, 0.29) is 5.41 Å². The van der Waals surface area contributed by atoms with Gasteiger partial charge in [0.15, 0.2) is 0 Å². The first-order chi connectivity index (χ1) is 8.79. The van der Waals surface area contributed by atoms with Crippen molar-refractivity contribution in [3.63, 3.8) is 0 Å². The lowest BCUT2D eigenvalue weighted by Gasteiger charge is -2.40. The molecule has 0 aromatic heterocycles. The average molecular weight is 247 g/mol. The monoisotopic (exact) mass is 247 g/mol. The Labute approximate surface area is 111 Å². The second kappa shape index (κ2) is 6.24. The largest absolute Gasteiger partial charge is 0.396 e. The van der Waals surface area contributed by atoms with Crippen LogP contribution in [0.1, 0.15) is 39.0 Å². The van der Waals surface area contributed by atoms with E-state index in [2.05, 4.69) is 42.2 Å². The van der Waals surface area contributed by atoms with Crippen molar-refractivity contribution in [2.24, 2.45) is 5.41 Å². The van der Waals surface area contributed by atoms with Crippen molar-refractivity contribution < 1.29 is 5.11 Å². The highest BCUT2D eigenvalue weighted by molar-refractivity contribution is 5.46. The molecule has 0 saturated heterocycles. The summed E-state index contributed by atoms with van der Waals surface area (Å²) in [5, 5.41) is 9.81. The molecule has 2 rings (SSSR count). The zero-order valence-electron chi connectivity index (χ0n) is 11.4. The molecule has 0 radical (unpaired) electrons. The Kier molecular flexibility index (Phi) is 4.65. The molecule has 1 saturated carbocycles. The number of hydrogen-bond acceptors (Lipinski definition) is 2. The van der Waals surface area contributed by atoms with Gasteiger partial charge in [-0.25, -0.2) is 0 Å². The lowest BCUT2D eigenvalue weighted by molar-refractivity contribution is 0.0882. The molecule has 0 amide bonds. The van der Waals surface area contributed by atoms with Gasteiger partial charge < -0.3 is 10.0 Å². The van der Waals surface area contributed by atoms with Crippen molar-refractivity contribution in [1.82, 2.24) is 0 Å². The van der Waals surface area contributed by atoms with Crippen LogP contribution in [0.25, 0.3) is 0 Å². The Morgan fingerprint density at radius 1 is 1.11 bits per heavy atom. The number of benzene rings is 1. The molecule has 100 valence electrons. The number of rotatable bonds is 5. The van der Waals surface area contributed by atoms with Crippen LogP contribution in [0, 0.1) is 5.41 Å². The van der Waals surface area contributed by atoms with Crippen LogP contribution in [0.3, 0.4) is 0 Å². The van der Waals surface area contributed by atoms with E-state index in [9.17, 15) is 5.11 Å². The molecular weight excluding hydrogens is 222 g/mol. The Morgan fingerprint density at radius 2 is 1.78 bits per heavy atom. The first-order valence-corrected chi connectivity index (χ1v) is 7.20. The van der Waals surface area contributed by atoms with Crippen molar-refractivity contribution in [2.75, 3.05) is 24.6 Å². The zero-order valence-corrected chi connectivity index (χ0v) is 11.4. The molecule has 0 bridgehead atoms. The molecule has 1 aliphatic rings. The highest BCUT2D eigenvalue weighted by Crippen LogP contribution is 2.37. The van der Waals surface area contributed by atoms with Crippen molar-refractivity contribution in [1.29, 1.82) is 0 Å². The fourth-order valence-corrected chi connectivity index (χ4v) is 3.10. The van der Waals surface area contributed by atoms with Gasteiger partial charge in [-0.05, 0) is 31.9 Å². The van der Waals surface area contributed by atoms with E-state index in [1.165, 1.54) is 37.8 Å². The molecule has 1 fully saturated rings. The molecule has 0 heterocycles. The van der Waals surface area contributed by atoms with Gasteiger partial charge in [0, 0.05) is 24.2 Å². The number of hydrogen-bond donors (Lipinski definition) is 1. The summed E-state index contributed by atoms with van der Waals surface area (Å²) in [7, 11) is 0. The van der Waals surface area contributed by atoms with Gasteiger partial charge >= 0.3 is 0 Å². The molecule has 1 aromatic carbocycles. The topological polar surface area (TPSA) is 23.5 Å². The van der Waals surface area contributed by atoms with Crippen LogP contribution in [0.15, 0.2) is 30.3 Å². The minimum Gasteiger partial charge on any atom is -0.396 e. The summed E-state index contributed by atoms with van der Waals surface area (Å²) in [6, 6.07) is 10.6. The second-order valence-corrected chi connectivity index (χ2v) is 5.57. The molecule has 0 atom stereocenters. The summed E-state index contributed by atoms with van der Waals surface area (Å²) in [6.07, 6.45) is 6.22. The van der Waals surface area contributed by atoms with E-state index in [1.54, 1.807) is 0 Å². The van der Waals surface area contributed by atoms with Crippen molar-refractivity contribution in [3.05, 3.63) is 30.3 Å². The number of para-hydroxylation sites is 1. The van der Waals surface area contributed by atoms with Gasteiger partial charge in [-0.15, -0.1) is 0 Å². The summed E-state index contributed by atoms with van der Waals surface area (Å²) in [6.45, 7) is 4.52. The number of aliphatic hydroxyl groups excluding tert-OH is 1. The quantitative estimate of drug-likeness (QED) is 0.861. The summed E-state index contributed by atoms with van der Waals surface area (Å²) in [5.74, 6) is 0. The van der Waals surface area contributed by atoms with Crippen LogP contribution >= 0.6 is 0 Å². The highest BCUT2D eigenvalue weighted by Gasteiger charge is 2.33. The molecule has 2 nitrogen and oxygen atoms in total. The van der Waals surface area contributed by atoms with E-state index >= 15 is 0 Å². The summed E-state index contributed by atoms with van der Waals surface area (Å²) in [5.41, 5.74) is 1.41. The minimum absolute atomic E-state index is 0.129. The van der Waals surface area contributed by atoms with E-state index in [0.29, 0.717) is 6.61 Å². The number of nitrogens with zero attached hydrogens (tertiary/aromatic N) is 1. The van der Waals surface area contributed by atoms with Crippen molar-refractivity contribution in [2.45, 2.75) is 39.0 Å². The molecule has 18 heavy (non-hydrogen) atoms. The molecule has 1 aliphatic carbocycles. The molecular formula is C16H25NO. The van der Waals surface area contributed by atoms with Gasteiger partial charge in [0.05, 0.1) is 6.61 Å². The molecule has 1 aromatic rings. The fraction of sp³-hybridized carbons (Fsp3) is 0.625. The standard InChI is InChI=1S/C16H25NO/c1-2-17(15-9-5-3-6-10-15)13-16(14-18)11-7-4-8-12-16/h3,5-6,9-10,18H,2,4,7-8,11-14H2,1H3. The van der Waals surface area contributed by atoms with Crippen molar-refractivity contribution >= 4 is 5.69 Å². The zero-order chi connectivity index (χ0) is 12.8. The SMILES string of the molecule is CCN(CC1(CO)CCCCC1)c1ccccc1. The van der Waals surface area contributed by atoms with Gasteiger partial charge in [-0.3, -0.25) is 0 Å². The molecule has 2 heteroatoms. The average Bonchev–Trinajstić information content (AvgIpc) is 2.47. The van der Waals surface area contributed by atoms with Crippen LogP contribution in [-0.4, -0.2) is 24.8 Å². The lowest BCUT2D eigenvalue weighted by atomic mass is 9.74. The normalized spacial score (nSPS) is 18.6. The Hall–Kier alpha value is -1.02. The maximum absolute atomic E-state index is 9.81. The molecule has 0 spiro atoms. The summed E-state index contributed by atoms with van der Waals surface area (Å²) >= 11 is 0. The van der Waals surface area contributed by atoms with Crippen LogP contribution in [0.5, 0.6) is 0 Å². The molecule has 0 unspecified atom stereocenters. The first kappa shape index (κ1) is 13.4. The van der Waals surface area contributed by atoms with E-state index in [1.807, 2.05) is 0 Å². The second-order valence-electron chi connectivity index (χ2n) is 5.57. The number of anilines is 1. The van der Waals surface area contributed by atoms with Gasteiger partial charge in [0.1, 0.15) is 0 Å². The number of aliphatic hydroxyl groups is 1. The molecule has 1 N–H and O–H groups in total. The van der Waals surface area contributed by atoms with Gasteiger partial charge in [-0.1, -0.05) is 37.5 Å². The Bertz CT molecular complexity index is 343. The van der Waals surface area contributed by atoms with Crippen molar-refractivity contribution in [3.8, 4) is 0 Å². The molecule has 0 aliphatic heterocycles. The Morgan fingerprint density at radius 3 is 2.33 bits per heavy atom.